The van der Waals surface area contributed by atoms with Gasteiger partial charge in [0.15, 0.2) is 0 Å². The molecule has 210 valence electrons. The molecule has 1 saturated carbocycles. The zero-order chi connectivity index (χ0) is 28.7. The largest absolute Gasteiger partial charge is 0.573 e. The van der Waals surface area contributed by atoms with Gasteiger partial charge >= 0.3 is 6.36 Å². The van der Waals surface area contributed by atoms with Gasteiger partial charge < -0.3 is 15.0 Å². The molecule has 40 heavy (non-hydrogen) atoms. The van der Waals surface area contributed by atoms with Crippen LogP contribution in [0.1, 0.15) is 48.5 Å². The molecule has 1 heterocycles. The summed E-state index contributed by atoms with van der Waals surface area (Å²) in [7, 11) is 0. The monoisotopic (exact) mass is 570 g/mol. The second-order valence-corrected chi connectivity index (χ2v) is 11.1. The van der Waals surface area contributed by atoms with Crippen molar-refractivity contribution >= 4 is 23.4 Å². The van der Waals surface area contributed by atoms with E-state index in [1.807, 2.05) is 43.0 Å². The smallest absolute Gasteiger partial charge is 0.405 e. The van der Waals surface area contributed by atoms with E-state index in [0.29, 0.717) is 29.6 Å². The molecule has 0 aromatic heterocycles. The van der Waals surface area contributed by atoms with Gasteiger partial charge in [0.05, 0.1) is 0 Å². The fraction of sp³-hybridized carbons (Fsp3) is 0.355. The van der Waals surface area contributed by atoms with Crippen LogP contribution in [0, 0.1) is 11.8 Å². The van der Waals surface area contributed by atoms with Crippen LogP contribution in [0.5, 0.6) is 5.75 Å². The Bertz CT molecular complexity index is 1390. The van der Waals surface area contributed by atoms with E-state index in [2.05, 4.69) is 10.1 Å². The molecule has 1 aliphatic carbocycles. The molecule has 5 nitrogen and oxygen atoms in total. The number of alkyl halides is 3. The Hall–Kier alpha value is -3.52. The molecule has 2 unspecified atom stereocenters. The van der Waals surface area contributed by atoms with Crippen LogP contribution in [0.3, 0.4) is 0 Å². The highest BCUT2D eigenvalue weighted by Crippen LogP contribution is 2.51. The highest BCUT2D eigenvalue weighted by molar-refractivity contribution is 6.30. The number of ether oxygens (including phenoxy) is 1. The maximum Gasteiger partial charge on any atom is 0.573 e. The summed E-state index contributed by atoms with van der Waals surface area (Å²) in [6, 6.07) is 19.9. The third kappa shape index (κ3) is 5.55. The summed E-state index contributed by atoms with van der Waals surface area (Å²) < 4.78 is 43.0. The highest BCUT2D eigenvalue weighted by Gasteiger charge is 2.66. The Kier molecular flexibility index (Phi) is 7.57. The van der Waals surface area contributed by atoms with Crippen molar-refractivity contribution in [2.45, 2.75) is 44.5 Å². The minimum absolute atomic E-state index is 0.0537. The van der Waals surface area contributed by atoms with Crippen LogP contribution in [-0.4, -0.2) is 41.7 Å². The van der Waals surface area contributed by atoms with Crippen molar-refractivity contribution in [2.75, 3.05) is 13.1 Å². The molecule has 1 N–H and O–H groups in total. The fourth-order valence-electron chi connectivity index (χ4n) is 5.87. The number of likely N-dealkylation sites (tertiary alicyclic amines) is 1. The van der Waals surface area contributed by atoms with Crippen LogP contribution in [0.2, 0.25) is 5.02 Å². The molecule has 2 fully saturated rings. The number of rotatable bonds is 6. The topological polar surface area (TPSA) is 58.6 Å². The number of para-hydroxylation sites is 1. The van der Waals surface area contributed by atoms with Crippen molar-refractivity contribution in [1.82, 2.24) is 10.2 Å². The van der Waals surface area contributed by atoms with Crippen molar-refractivity contribution in [2.24, 2.45) is 11.8 Å². The zero-order valence-corrected chi connectivity index (χ0v) is 22.9. The first-order chi connectivity index (χ1) is 19.0. The van der Waals surface area contributed by atoms with E-state index in [0.717, 1.165) is 12.8 Å². The maximum atomic E-state index is 13.8. The Balaban J connectivity index is 1.31. The standard InChI is InChI=1S/C31H30ClF3N2O3/c1-19-20(2)30(19,29(39)37-16-14-22(15-17-37)21-10-12-25(32)13-11-21)36-28(38)24-7-5-6-23(18-24)26-8-3-4-9-27(26)40-31(33,34)35/h3-13,18-20,22H,14-17H2,1-2H3,(H,36,38). The van der Waals surface area contributed by atoms with Gasteiger partial charge in [0.1, 0.15) is 11.3 Å². The van der Waals surface area contributed by atoms with Gasteiger partial charge in [0.2, 0.25) is 5.91 Å². The minimum Gasteiger partial charge on any atom is -0.405 e. The number of halogens is 4. The number of nitrogens with one attached hydrogen (secondary N) is 1. The molecule has 0 radical (unpaired) electrons. The molecule has 2 atom stereocenters. The van der Waals surface area contributed by atoms with E-state index in [4.69, 9.17) is 11.6 Å². The van der Waals surface area contributed by atoms with E-state index >= 15 is 0 Å². The number of hydrogen-bond donors (Lipinski definition) is 1. The number of carbonyl (C=O) groups is 2. The molecule has 0 spiro atoms. The quantitative estimate of drug-likeness (QED) is 0.345. The number of piperidine rings is 1. The first kappa shape index (κ1) is 28.0. The lowest BCUT2D eigenvalue weighted by molar-refractivity contribution is -0.274. The normalized spacial score (nSPS) is 23.0. The van der Waals surface area contributed by atoms with Crippen LogP contribution in [0.4, 0.5) is 13.2 Å². The van der Waals surface area contributed by atoms with Gasteiger partial charge in [-0.15, -0.1) is 13.2 Å². The van der Waals surface area contributed by atoms with Gasteiger partial charge in [-0.2, -0.15) is 0 Å². The number of nitrogens with zero attached hydrogens (tertiary/aromatic N) is 1. The van der Waals surface area contributed by atoms with Crippen molar-refractivity contribution < 1.29 is 27.5 Å². The highest BCUT2D eigenvalue weighted by atomic mass is 35.5. The summed E-state index contributed by atoms with van der Waals surface area (Å²) >= 11 is 6.02. The maximum absolute atomic E-state index is 13.8. The second kappa shape index (κ2) is 10.8. The lowest BCUT2D eigenvalue weighted by Gasteiger charge is -2.35. The molecule has 5 rings (SSSR count). The fourth-order valence-corrected chi connectivity index (χ4v) is 5.99. The van der Waals surface area contributed by atoms with Gasteiger partial charge in [-0.25, -0.2) is 0 Å². The summed E-state index contributed by atoms with van der Waals surface area (Å²) in [6.07, 6.45) is -3.21. The van der Waals surface area contributed by atoms with E-state index in [1.54, 1.807) is 24.3 Å². The number of benzene rings is 3. The van der Waals surface area contributed by atoms with Crippen LogP contribution in [0.15, 0.2) is 72.8 Å². The lowest BCUT2D eigenvalue weighted by Crippen LogP contribution is -2.54. The Morgan fingerprint density at radius 2 is 1.60 bits per heavy atom. The van der Waals surface area contributed by atoms with Crippen molar-refractivity contribution in [3.05, 3.63) is 88.9 Å². The van der Waals surface area contributed by atoms with Gasteiger partial charge in [-0.3, -0.25) is 9.59 Å². The number of amides is 2. The molecular weight excluding hydrogens is 541 g/mol. The summed E-state index contributed by atoms with van der Waals surface area (Å²) in [6.45, 7) is 5.08. The molecule has 3 aromatic rings. The zero-order valence-electron chi connectivity index (χ0n) is 22.2. The molecule has 3 aromatic carbocycles. The molecule has 9 heteroatoms. The van der Waals surface area contributed by atoms with Crippen molar-refractivity contribution in [3.8, 4) is 16.9 Å². The third-order valence-electron chi connectivity index (χ3n) is 8.42. The predicted octanol–water partition coefficient (Wildman–Crippen LogP) is 7.07. The molecule has 0 bridgehead atoms. The number of hydrogen-bond acceptors (Lipinski definition) is 3. The summed E-state index contributed by atoms with van der Waals surface area (Å²) in [4.78, 5) is 29.1. The van der Waals surface area contributed by atoms with Gasteiger partial charge in [-0.1, -0.05) is 67.9 Å². The average Bonchev–Trinajstić information content (AvgIpc) is 3.46. The van der Waals surface area contributed by atoms with E-state index < -0.39 is 17.8 Å². The van der Waals surface area contributed by atoms with Gasteiger partial charge in [0.25, 0.3) is 5.91 Å². The summed E-state index contributed by atoms with van der Waals surface area (Å²) in [5.41, 5.74) is 1.04. The minimum atomic E-state index is -4.85. The summed E-state index contributed by atoms with van der Waals surface area (Å²) in [5.74, 6) is -0.658. The second-order valence-electron chi connectivity index (χ2n) is 10.6. The Morgan fingerprint density at radius 3 is 2.23 bits per heavy atom. The Labute approximate surface area is 236 Å². The van der Waals surface area contributed by atoms with Crippen LogP contribution in [0.25, 0.3) is 11.1 Å². The Morgan fingerprint density at radius 1 is 0.950 bits per heavy atom. The van der Waals surface area contributed by atoms with E-state index in [1.165, 1.54) is 29.8 Å². The van der Waals surface area contributed by atoms with Gasteiger partial charge in [0, 0.05) is 29.2 Å². The predicted molar refractivity (Wildman–Crippen MR) is 147 cm³/mol. The lowest BCUT2D eigenvalue weighted by atomic mass is 9.89. The van der Waals surface area contributed by atoms with Crippen LogP contribution in [-0.2, 0) is 4.79 Å². The molecule has 1 aliphatic heterocycles. The van der Waals surface area contributed by atoms with Gasteiger partial charge in [-0.05, 0) is 72.1 Å². The molecule has 1 saturated heterocycles. The number of carbonyl (C=O) groups excluding carboxylic acids is 2. The molecule has 2 aliphatic rings. The van der Waals surface area contributed by atoms with Crippen LogP contribution < -0.4 is 10.1 Å². The van der Waals surface area contributed by atoms with E-state index in [-0.39, 0.29) is 34.6 Å². The first-order valence-electron chi connectivity index (χ1n) is 13.3. The molecular formula is C31H30ClF3N2O3. The summed E-state index contributed by atoms with van der Waals surface area (Å²) in [5, 5.41) is 3.69. The van der Waals surface area contributed by atoms with Crippen molar-refractivity contribution in [3.63, 3.8) is 0 Å². The van der Waals surface area contributed by atoms with Crippen molar-refractivity contribution in [1.29, 1.82) is 0 Å². The van der Waals surface area contributed by atoms with E-state index in [9.17, 15) is 22.8 Å². The third-order valence-corrected chi connectivity index (χ3v) is 8.68. The van der Waals surface area contributed by atoms with Crippen LogP contribution >= 0.6 is 11.6 Å². The molecule has 2 amide bonds. The first-order valence-corrected chi connectivity index (χ1v) is 13.7. The SMILES string of the molecule is CC1C(C)C1(NC(=O)c1cccc(-c2ccccc2OC(F)(F)F)c1)C(=O)N1CCC(c2ccc(Cl)cc2)CC1. The average molecular weight is 571 g/mol.